The number of Topliss-reactive ketones (excluding diaryl/α,β-unsaturated/α-hetero) is 1. The van der Waals surface area contributed by atoms with Crippen molar-refractivity contribution in [2.24, 2.45) is 5.92 Å². The third kappa shape index (κ3) is 1.55. The highest BCUT2D eigenvalue weighted by Gasteiger charge is 2.48. The van der Waals surface area contributed by atoms with E-state index in [4.69, 9.17) is 0 Å². The van der Waals surface area contributed by atoms with Gasteiger partial charge in [0.05, 0.1) is 6.07 Å². The van der Waals surface area contributed by atoms with Crippen LogP contribution in [0.25, 0.3) is 11.1 Å². The molecule has 0 aromatic heterocycles. The molecule has 1 unspecified atom stereocenters. The summed E-state index contributed by atoms with van der Waals surface area (Å²) < 4.78 is 0. The minimum absolute atomic E-state index is 0.102. The van der Waals surface area contributed by atoms with Crippen LogP contribution in [0.3, 0.4) is 0 Å². The molecule has 0 heterocycles. The molecule has 2 heteroatoms. The van der Waals surface area contributed by atoms with Gasteiger partial charge in [0.15, 0.2) is 0 Å². The molecule has 0 bridgehead atoms. The van der Waals surface area contributed by atoms with Gasteiger partial charge in [-0.25, -0.2) is 0 Å². The topological polar surface area (TPSA) is 40.9 Å². The van der Waals surface area contributed by atoms with Crippen LogP contribution in [0.15, 0.2) is 48.5 Å². The summed E-state index contributed by atoms with van der Waals surface area (Å²) in [5.41, 5.74) is 4.96. The Kier molecular flexibility index (Phi) is 2.53. The number of carbonyl (C=O) groups is 1. The molecule has 2 aliphatic rings. The van der Waals surface area contributed by atoms with Crippen molar-refractivity contribution in [3.63, 3.8) is 0 Å². The van der Waals surface area contributed by atoms with Crippen molar-refractivity contribution < 1.29 is 4.79 Å². The molecule has 2 aliphatic carbocycles. The van der Waals surface area contributed by atoms with Crippen LogP contribution in [0.4, 0.5) is 0 Å². The maximum Gasteiger partial charge on any atom is 0.150 e. The first-order valence-electron chi connectivity index (χ1n) is 7.38. The molecule has 0 N–H and O–H groups in total. The number of carbonyl (C=O) groups excluding carboxylic acids is 1. The van der Waals surface area contributed by atoms with Gasteiger partial charge in [0.25, 0.3) is 0 Å². The summed E-state index contributed by atoms with van der Waals surface area (Å²) in [5, 5.41) is 9.33. The summed E-state index contributed by atoms with van der Waals surface area (Å²) in [4.78, 5) is 12.0. The van der Waals surface area contributed by atoms with Gasteiger partial charge >= 0.3 is 0 Å². The van der Waals surface area contributed by atoms with E-state index in [1.807, 2.05) is 0 Å². The zero-order chi connectivity index (χ0) is 14.4. The van der Waals surface area contributed by atoms with E-state index in [1.165, 1.54) is 22.3 Å². The van der Waals surface area contributed by atoms with Crippen LogP contribution in [0, 0.1) is 17.2 Å². The van der Waals surface area contributed by atoms with Gasteiger partial charge in [-0.3, -0.25) is 4.79 Å². The quantitative estimate of drug-likeness (QED) is 0.731. The van der Waals surface area contributed by atoms with E-state index in [9.17, 15) is 10.1 Å². The Hall–Kier alpha value is -2.40. The highest BCUT2D eigenvalue weighted by Crippen LogP contribution is 2.55. The molecule has 1 saturated carbocycles. The van der Waals surface area contributed by atoms with Gasteiger partial charge in [-0.05, 0) is 35.1 Å². The van der Waals surface area contributed by atoms with Crippen molar-refractivity contribution in [2.75, 3.05) is 0 Å². The van der Waals surface area contributed by atoms with Gasteiger partial charge in [0.2, 0.25) is 0 Å². The van der Waals surface area contributed by atoms with E-state index in [0.717, 1.165) is 6.42 Å². The molecule has 1 fully saturated rings. The lowest BCUT2D eigenvalue weighted by Gasteiger charge is -2.37. The molecular weight excluding hydrogens is 258 g/mol. The molecule has 102 valence electrons. The fraction of sp³-hybridized carbons (Fsp3) is 0.263. The number of hydrogen-bond acceptors (Lipinski definition) is 2. The molecule has 2 nitrogen and oxygen atoms in total. The lowest BCUT2D eigenvalue weighted by Crippen LogP contribution is -2.36. The Morgan fingerprint density at radius 3 is 2.14 bits per heavy atom. The Bertz CT molecular complexity index is 739. The van der Waals surface area contributed by atoms with Crippen LogP contribution in [0.5, 0.6) is 0 Å². The molecule has 2 aromatic rings. The molecule has 0 aliphatic heterocycles. The van der Waals surface area contributed by atoms with Crippen molar-refractivity contribution in [1.29, 1.82) is 5.26 Å². The highest BCUT2D eigenvalue weighted by molar-refractivity contribution is 5.88. The van der Waals surface area contributed by atoms with Gasteiger partial charge in [0, 0.05) is 11.8 Å². The largest absolute Gasteiger partial charge is 0.298 e. The van der Waals surface area contributed by atoms with Crippen molar-refractivity contribution >= 4 is 5.78 Å². The zero-order valence-corrected chi connectivity index (χ0v) is 11.7. The van der Waals surface area contributed by atoms with Crippen molar-refractivity contribution in [2.45, 2.75) is 24.7 Å². The molecule has 4 rings (SSSR count). The van der Waals surface area contributed by atoms with E-state index in [-0.39, 0.29) is 11.2 Å². The standard InChI is InChI=1S/C19H15NO/c20-12-13-11-19(10-9-18(13)21)16-7-3-1-5-14(16)15-6-2-4-8-17(15)19/h1-8,13H,9-11H2. The van der Waals surface area contributed by atoms with Crippen LogP contribution < -0.4 is 0 Å². The maximum atomic E-state index is 12.0. The Morgan fingerprint density at radius 2 is 1.57 bits per heavy atom. The Morgan fingerprint density at radius 1 is 1.00 bits per heavy atom. The fourth-order valence-electron chi connectivity index (χ4n) is 4.10. The minimum atomic E-state index is -0.474. The zero-order valence-electron chi connectivity index (χ0n) is 11.7. The smallest absolute Gasteiger partial charge is 0.150 e. The lowest BCUT2D eigenvalue weighted by molar-refractivity contribution is -0.123. The first kappa shape index (κ1) is 12.3. The number of fused-ring (bicyclic) bond motifs is 5. The van der Waals surface area contributed by atoms with E-state index < -0.39 is 5.92 Å². The second kappa shape index (κ2) is 4.30. The number of nitrogens with zero attached hydrogens (tertiary/aromatic N) is 1. The first-order valence-corrected chi connectivity index (χ1v) is 7.38. The molecule has 0 radical (unpaired) electrons. The predicted octanol–water partition coefficient (Wildman–Crippen LogP) is 3.85. The van der Waals surface area contributed by atoms with Crippen molar-refractivity contribution in [1.82, 2.24) is 0 Å². The lowest BCUT2D eigenvalue weighted by atomic mass is 9.64. The SMILES string of the molecule is N#CC1CC2(CCC1=O)c1ccccc1-c1ccccc12. The van der Waals surface area contributed by atoms with Crippen molar-refractivity contribution in [3.8, 4) is 17.2 Å². The summed E-state index contributed by atoms with van der Waals surface area (Å²) >= 11 is 0. The third-order valence-corrected chi connectivity index (χ3v) is 5.07. The molecule has 0 amide bonds. The van der Waals surface area contributed by atoms with E-state index in [0.29, 0.717) is 12.8 Å². The van der Waals surface area contributed by atoms with Gasteiger partial charge in [-0.2, -0.15) is 5.26 Å². The van der Waals surface area contributed by atoms with Crippen LogP contribution in [-0.2, 0) is 10.2 Å². The second-order valence-electron chi connectivity index (χ2n) is 6.03. The summed E-state index contributed by atoms with van der Waals surface area (Å²) in [5.74, 6) is -0.372. The minimum Gasteiger partial charge on any atom is -0.298 e. The molecular formula is C19H15NO. The number of rotatable bonds is 0. The van der Waals surface area contributed by atoms with Gasteiger partial charge in [-0.15, -0.1) is 0 Å². The normalized spacial score (nSPS) is 21.7. The first-order chi connectivity index (χ1) is 10.3. The summed E-state index contributed by atoms with van der Waals surface area (Å²) in [6, 6.07) is 19.1. The number of ketones is 1. The summed E-state index contributed by atoms with van der Waals surface area (Å²) in [7, 11) is 0. The van der Waals surface area contributed by atoms with Crippen LogP contribution in [0.1, 0.15) is 30.4 Å². The molecule has 2 aromatic carbocycles. The highest BCUT2D eigenvalue weighted by atomic mass is 16.1. The van der Waals surface area contributed by atoms with E-state index in [2.05, 4.69) is 54.6 Å². The summed E-state index contributed by atoms with van der Waals surface area (Å²) in [6.45, 7) is 0. The molecule has 1 spiro atoms. The molecule has 0 saturated heterocycles. The van der Waals surface area contributed by atoms with Crippen molar-refractivity contribution in [3.05, 3.63) is 59.7 Å². The number of nitriles is 1. The monoisotopic (exact) mass is 273 g/mol. The predicted molar refractivity (Wildman–Crippen MR) is 80.6 cm³/mol. The third-order valence-electron chi connectivity index (χ3n) is 5.07. The van der Waals surface area contributed by atoms with E-state index >= 15 is 0 Å². The Balaban J connectivity index is 1.97. The van der Waals surface area contributed by atoms with Gasteiger partial charge < -0.3 is 0 Å². The van der Waals surface area contributed by atoms with Gasteiger partial charge in [-0.1, -0.05) is 48.5 Å². The van der Waals surface area contributed by atoms with E-state index in [1.54, 1.807) is 0 Å². The van der Waals surface area contributed by atoms with Crippen LogP contribution >= 0.6 is 0 Å². The average molecular weight is 273 g/mol. The average Bonchev–Trinajstić information content (AvgIpc) is 2.81. The number of benzene rings is 2. The van der Waals surface area contributed by atoms with Gasteiger partial charge in [0.1, 0.15) is 11.7 Å². The molecule has 21 heavy (non-hydrogen) atoms. The fourth-order valence-corrected chi connectivity index (χ4v) is 4.10. The summed E-state index contributed by atoms with van der Waals surface area (Å²) in [6.07, 6.45) is 1.94. The van der Waals surface area contributed by atoms with Crippen LogP contribution in [0.2, 0.25) is 0 Å². The second-order valence-corrected chi connectivity index (χ2v) is 6.03. The number of hydrogen-bond donors (Lipinski definition) is 0. The Labute approximate surface area is 124 Å². The maximum absolute atomic E-state index is 12.0. The molecule has 1 atom stereocenters. The van der Waals surface area contributed by atoms with Crippen LogP contribution in [-0.4, -0.2) is 5.78 Å².